The van der Waals surface area contributed by atoms with Crippen molar-refractivity contribution in [3.05, 3.63) is 54.4 Å². The molecule has 0 unspecified atom stereocenters. The number of rotatable bonds is 6. The van der Waals surface area contributed by atoms with E-state index in [1.165, 1.54) is 6.20 Å². The second kappa shape index (κ2) is 9.81. The summed E-state index contributed by atoms with van der Waals surface area (Å²) < 4.78 is 0. The summed E-state index contributed by atoms with van der Waals surface area (Å²) in [6.07, 6.45) is 3.97. The molecule has 0 radical (unpaired) electrons. The van der Waals surface area contributed by atoms with Gasteiger partial charge in [0.05, 0.1) is 18.3 Å². The van der Waals surface area contributed by atoms with E-state index in [1.807, 2.05) is 19.1 Å². The van der Waals surface area contributed by atoms with Crippen LogP contribution in [0.25, 0.3) is 0 Å². The van der Waals surface area contributed by atoms with Crippen LogP contribution in [-0.4, -0.2) is 28.4 Å². The number of hydrogen-bond acceptors (Lipinski definition) is 5. The maximum Gasteiger partial charge on any atom is 0.329 e. The molecule has 1 heterocycles. The number of aromatic nitrogens is 1. The number of benzene rings is 1. The molecule has 0 saturated heterocycles. The van der Waals surface area contributed by atoms with Gasteiger partial charge >= 0.3 is 11.8 Å². The van der Waals surface area contributed by atoms with Crippen molar-refractivity contribution in [1.82, 2.24) is 10.4 Å². The van der Waals surface area contributed by atoms with E-state index in [9.17, 15) is 14.4 Å². The van der Waals surface area contributed by atoms with Crippen LogP contribution in [0.2, 0.25) is 0 Å². The SMILES string of the molecule is CCc1ccc(NC(=O)C(=O)NN=C(C)CC(=O)Nc2cccnc2)cc1. The third-order valence-corrected chi connectivity index (χ3v) is 3.54. The molecule has 8 heteroatoms. The van der Waals surface area contributed by atoms with Gasteiger partial charge in [0.15, 0.2) is 0 Å². The minimum atomic E-state index is -0.915. The van der Waals surface area contributed by atoms with Gasteiger partial charge in [0.2, 0.25) is 5.91 Å². The van der Waals surface area contributed by atoms with Gasteiger partial charge in [-0.1, -0.05) is 19.1 Å². The molecule has 0 saturated carbocycles. The number of anilines is 2. The Morgan fingerprint density at radius 1 is 1.00 bits per heavy atom. The number of carbonyl (C=O) groups is 3. The molecule has 0 aliphatic carbocycles. The van der Waals surface area contributed by atoms with Crippen molar-refractivity contribution >= 4 is 34.8 Å². The molecule has 0 aliphatic rings. The van der Waals surface area contributed by atoms with Crippen LogP contribution in [-0.2, 0) is 20.8 Å². The molecule has 2 rings (SSSR count). The molecule has 0 spiro atoms. The van der Waals surface area contributed by atoms with Crippen molar-refractivity contribution in [2.75, 3.05) is 10.6 Å². The Hall–Kier alpha value is -3.55. The van der Waals surface area contributed by atoms with Crippen LogP contribution in [0.3, 0.4) is 0 Å². The first-order valence-electron chi connectivity index (χ1n) is 8.41. The molecule has 2 aromatic rings. The van der Waals surface area contributed by atoms with Gasteiger partial charge < -0.3 is 10.6 Å². The second-order valence-corrected chi connectivity index (χ2v) is 5.76. The lowest BCUT2D eigenvalue weighted by molar-refractivity contribution is -0.136. The molecule has 0 aliphatic heterocycles. The molecule has 3 amide bonds. The highest BCUT2D eigenvalue weighted by molar-refractivity contribution is 6.39. The van der Waals surface area contributed by atoms with E-state index in [0.29, 0.717) is 17.1 Å². The summed E-state index contributed by atoms with van der Waals surface area (Å²) >= 11 is 0. The lowest BCUT2D eigenvalue weighted by atomic mass is 10.1. The average Bonchev–Trinajstić information content (AvgIpc) is 2.67. The first-order valence-corrected chi connectivity index (χ1v) is 8.41. The topological polar surface area (TPSA) is 113 Å². The Labute approximate surface area is 157 Å². The van der Waals surface area contributed by atoms with E-state index in [2.05, 4.69) is 26.1 Å². The summed E-state index contributed by atoms with van der Waals surface area (Å²) in [6.45, 7) is 3.60. The Morgan fingerprint density at radius 3 is 2.37 bits per heavy atom. The summed E-state index contributed by atoms with van der Waals surface area (Å²) in [7, 11) is 0. The van der Waals surface area contributed by atoms with Crippen molar-refractivity contribution in [2.45, 2.75) is 26.7 Å². The number of nitrogens with one attached hydrogen (secondary N) is 3. The van der Waals surface area contributed by atoms with Crippen molar-refractivity contribution in [2.24, 2.45) is 5.10 Å². The fraction of sp³-hybridized carbons (Fsp3) is 0.211. The van der Waals surface area contributed by atoms with Crippen LogP contribution in [0.5, 0.6) is 0 Å². The molecule has 8 nitrogen and oxygen atoms in total. The molecule has 0 atom stereocenters. The quantitative estimate of drug-likeness (QED) is 0.412. The summed E-state index contributed by atoms with van der Waals surface area (Å²) in [5.41, 5.74) is 4.70. The highest BCUT2D eigenvalue weighted by Crippen LogP contribution is 2.09. The summed E-state index contributed by atoms with van der Waals surface area (Å²) in [6, 6.07) is 10.6. The van der Waals surface area contributed by atoms with Gasteiger partial charge in [-0.3, -0.25) is 19.4 Å². The monoisotopic (exact) mass is 367 g/mol. The van der Waals surface area contributed by atoms with Crippen LogP contribution in [0.1, 0.15) is 25.8 Å². The van der Waals surface area contributed by atoms with E-state index in [4.69, 9.17) is 0 Å². The van der Waals surface area contributed by atoms with Crippen LogP contribution in [0.15, 0.2) is 53.9 Å². The maximum atomic E-state index is 11.9. The molecule has 0 fully saturated rings. The predicted octanol–water partition coefficient (Wildman–Crippen LogP) is 2.10. The summed E-state index contributed by atoms with van der Waals surface area (Å²) in [4.78, 5) is 39.5. The largest absolute Gasteiger partial charge is 0.329 e. The average molecular weight is 367 g/mol. The predicted molar refractivity (Wildman–Crippen MR) is 103 cm³/mol. The maximum absolute atomic E-state index is 11.9. The number of nitrogens with zero attached hydrogens (tertiary/aromatic N) is 2. The number of amides is 3. The molecule has 140 valence electrons. The minimum absolute atomic E-state index is 0.0325. The Kier molecular flexibility index (Phi) is 7.18. The highest BCUT2D eigenvalue weighted by Gasteiger charge is 2.13. The Bertz CT molecular complexity index is 832. The summed E-state index contributed by atoms with van der Waals surface area (Å²) in [5.74, 6) is -2.06. The Morgan fingerprint density at radius 2 is 1.74 bits per heavy atom. The van der Waals surface area contributed by atoms with Gasteiger partial charge in [-0.25, -0.2) is 5.43 Å². The first-order chi connectivity index (χ1) is 13.0. The normalized spacial score (nSPS) is 10.8. The number of hydrazone groups is 1. The summed E-state index contributed by atoms with van der Waals surface area (Å²) in [5, 5.41) is 8.91. The van der Waals surface area contributed by atoms with Gasteiger partial charge in [0.1, 0.15) is 0 Å². The van der Waals surface area contributed by atoms with Crippen molar-refractivity contribution in [3.63, 3.8) is 0 Å². The number of hydrogen-bond donors (Lipinski definition) is 3. The van der Waals surface area contributed by atoms with Crippen molar-refractivity contribution < 1.29 is 14.4 Å². The van der Waals surface area contributed by atoms with Crippen LogP contribution >= 0.6 is 0 Å². The Balaban J connectivity index is 1.81. The highest BCUT2D eigenvalue weighted by atomic mass is 16.2. The third-order valence-electron chi connectivity index (χ3n) is 3.54. The molecule has 1 aromatic heterocycles. The minimum Gasteiger partial charge on any atom is -0.324 e. The number of aryl methyl sites for hydroxylation is 1. The van der Waals surface area contributed by atoms with E-state index >= 15 is 0 Å². The fourth-order valence-electron chi connectivity index (χ4n) is 2.12. The lowest BCUT2D eigenvalue weighted by Gasteiger charge is -2.06. The zero-order valence-corrected chi connectivity index (χ0v) is 15.2. The van der Waals surface area contributed by atoms with Gasteiger partial charge in [-0.2, -0.15) is 5.10 Å². The molecular formula is C19H21N5O3. The zero-order valence-electron chi connectivity index (χ0n) is 15.2. The third kappa shape index (κ3) is 6.69. The van der Waals surface area contributed by atoms with Crippen molar-refractivity contribution in [3.8, 4) is 0 Å². The number of carbonyl (C=O) groups excluding carboxylic acids is 3. The standard InChI is InChI=1S/C19H21N5O3/c1-3-14-6-8-15(9-7-14)22-18(26)19(27)24-23-13(2)11-17(25)21-16-5-4-10-20-12-16/h4-10,12H,3,11H2,1-2H3,(H,21,25)(H,22,26)(H,24,27). The lowest BCUT2D eigenvalue weighted by Crippen LogP contribution is -2.33. The zero-order chi connectivity index (χ0) is 19.6. The van der Waals surface area contributed by atoms with E-state index in [1.54, 1.807) is 37.4 Å². The van der Waals surface area contributed by atoms with Crippen molar-refractivity contribution in [1.29, 1.82) is 0 Å². The number of pyridine rings is 1. The van der Waals surface area contributed by atoms with E-state index in [-0.39, 0.29) is 12.3 Å². The molecule has 3 N–H and O–H groups in total. The van der Waals surface area contributed by atoms with Gasteiger partial charge in [-0.15, -0.1) is 0 Å². The molecule has 27 heavy (non-hydrogen) atoms. The van der Waals surface area contributed by atoms with Crippen LogP contribution in [0.4, 0.5) is 11.4 Å². The van der Waals surface area contributed by atoms with Crippen LogP contribution in [0, 0.1) is 0 Å². The molecular weight excluding hydrogens is 346 g/mol. The fourth-order valence-corrected chi connectivity index (χ4v) is 2.12. The smallest absolute Gasteiger partial charge is 0.324 e. The molecule has 0 bridgehead atoms. The van der Waals surface area contributed by atoms with Gasteiger partial charge in [-0.05, 0) is 43.2 Å². The van der Waals surface area contributed by atoms with E-state index < -0.39 is 11.8 Å². The van der Waals surface area contributed by atoms with E-state index in [0.717, 1.165) is 12.0 Å². The molecule has 1 aromatic carbocycles. The van der Waals surface area contributed by atoms with Gasteiger partial charge in [0.25, 0.3) is 0 Å². The second-order valence-electron chi connectivity index (χ2n) is 5.76. The van der Waals surface area contributed by atoms with Crippen LogP contribution < -0.4 is 16.1 Å². The first kappa shape index (κ1) is 19.8. The van der Waals surface area contributed by atoms with Gasteiger partial charge in [0, 0.05) is 17.6 Å².